The molecule has 8 nitrogen and oxygen atoms in total. The Bertz CT molecular complexity index is 1410. The van der Waals surface area contributed by atoms with Crippen LogP contribution < -0.4 is 5.32 Å². The summed E-state index contributed by atoms with van der Waals surface area (Å²) in [5, 5.41) is 7.27. The number of hydrogen-bond acceptors (Lipinski definition) is 8. The number of ether oxygens (including phenoxy) is 1. The van der Waals surface area contributed by atoms with Gasteiger partial charge in [-0.15, -0.1) is 11.3 Å². The monoisotopic (exact) mass is 494 g/mol. The van der Waals surface area contributed by atoms with E-state index in [1.165, 1.54) is 31.4 Å². The van der Waals surface area contributed by atoms with Gasteiger partial charge in [-0.05, 0) is 49.9 Å². The van der Waals surface area contributed by atoms with Crippen molar-refractivity contribution in [2.24, 2.45) is 0 Å². The standard InChI is InChI=1S/C25H23FN4O4S/c1-15-11-19(34-29-15)14-30(2)13-18-8-9-20-22(23(25(32)33-3)35-24(20)27-18)28-21(31)10-7-16-5-4-6-17(26)12-16/h4-12H,13-14H2,1-3H3,(H,28,31)/b10-7+. The van der Waals surface area contributed by atoms with Gasteiger partial charge >= 0.3 is 5.97 Å². The Kier molecular flexibility index (Phi) is 7.33. The molecule has 0 unspecified atom stereocenters. The number of nitrogens with one attached hydrogen (secondary N) is 1. The molecule has 4 aromatic rings. The fourth-order valence-corrected chi connectivity index (χ4v) is 4.57. The van der Waals surface area contributed by atoms with Crippen molar-refractivity contribution in [3.8, 4) is 0 Å². The smallest absolute Gasteiger partial charge is 0.350 e. The van der Waals surface area contributed by atoms with Gasteiger partial charge in [-0.2, -0.15) is 0 Å². The third-order valence-electron chi connectivity index (χ3n) is 5.04. The molecule has 1 amide bonds. The Balaban J connectivity index is 1.55. The summed E-state index contributed by atoms with van der Waals surface area (Å²) in [5.41, 5.74) is 2.48. The van der Waals surface area contributed by atoms with E-state index in [2.05, 4.69) is 15.5 Å². The lowest BCUT2D eigenvalue weighted by molar-refractivity contribution is -0.111. The second kappa shape index (κ2) is 10.6. The molecule has 10 heteroatoms. The number of carbonyl (C=O) groups excluding carboxylic acids is 2. The Morgan fingerprint density at radius 1 is 1.23 bits per heavy atom. The fraction of sp³-hybridized carbons (Fsp3) is 0.200. The molecular weight excluding hydrogens is 471 g/mol. The van der Waals surface area contributed by atoms with Crippen molar-refractivity contribution in [3.63, 3.8) is 0 Å². The second-order valence-corrected chi connectivity index (χ2v) is 8.94. The molecule has 0 atom stereocenters. The van der Waals surface area contributed by atoms with Gasteiger partial charge in [0.15, 0.2) is 5.76 Å². The average Bonchev–Trinajstić information content (AvgIpc) is 3.39. The van der Waals surface area contributed by atoms with Crippen LogP contribution >= 0.6 is 11.3 Å². The highest BCUT2D eigenvalue weighted by atomic mass is 32.1. The third kappa shape index (κ3) is 5.97. The molecule has 35 heavy (non-hydrogen) atoms. The number of hydrogen-bond donors (Lipinski definition) is 1. The maximum Gasteiger partial charge on any atom is 0.350 e. The third-order valence-corrected chi connectivity index (χ3v) is 6.12. The molecule has 0 aliphatic carbocycles. The van der Waals surface area contributed by atoms with Crippen LogP contribution in [0.15, 0.2) is 53.1 Å². The lowest BCUT2D eigenvalue weighted by Crippen LogP contribution is -2.17. The van der Waals surface area contributed by atoms with E-state index in [1.807, 2.05) is 37.1 Å². The molecule has 0 fully saturated rings. The molecule has 1 aromatic carbocycles. The van der Waals surface area contributed by atoms with Gasteiger partial charge in [0.2, 0.25) is 5.91 Å². The molecule has 0 bridgehead atoms. The zero-order valence-corrected chi connectivity index (χ0v) is 20.2. The number of fused-ring (bicyclic) bond motifs is 1. The molecule has 4 rings (SSSR count). The number of aromatic nitrogens is 2. The predicted octanol–water partition coefficient (Wildman–Crippen LogP) is 4.80. The highest BCUT2D eigenvalue weighted by Crippen LogP contribution is 2.35. The molecule has 1 N–H and O–H groups in total. The van der Waals surface area contributed by atoms with Crippen LogP contribution in [0.25, 0.3) is 16.3 Å². The zero-order valence-electron chi connectivity index (χ0n) is 19.4. The van der Waals surface area contributed by atoms with Crippen molar-refractivity contribution in [1.29, 1.82) is 0 Å². The summed E-state index contributed by atoms with van der Waals surface area (Å²) in [5.74, 6) is -0.679. The number of amides is 1. The maximum absolute atomic E-state index is 13.4. The van der Waals surface area contributed by atoms with Gasteiger partial charge in [0, 0.05) is 24.1 Å². The van der Waals surface area contributed by atoms with Gasteiger partial charge < -0.3 is 14.6 Å². The van der Waals surface area contributed by atoms with E-state index >= 15 is 0 Å². The van der Waals surface area contributed by atoms with E-state index in [9.17, 15) is 14.0 Å². The van der Waals surface area contributed by atoms with Gasteiger partial charge in [0.05, 0.1) is 30.7 Å². The van der Waals surface area contributed by atoms with Crippen LogP contribution in [-0.2, 0) is 22.6 Å². The molecular formula is C25H23FN4O4S. The number of anilines is 1. The molecule has 0 saturated heterocycles. The van der Waals surface area contributed by atoms with Gasteiger partial charge in [-0.3, -0.25) is 9.69 Å². The largest absolute Gasteiger partial charge is 0.465 e. The maximum atomic E-state index is 13.4. The highest BCUT2D eigenvalue weighted by molar-refractivity contribution is 7.21. The molecule has 180 valence electrons. The topological polar surface area (TPSA) is 97.6 Å². The quantitative estimate of drug-likeness (QED) is 0.277. The number of halogens is 1. The normalized spacial score (nSPS) is 11.5. The number of thiophene rings is 1. The molecule has 0 saturated carbocycles. The van der Waals surface area contributed by atoms with E-state index < -0.39 is 17.7 Å². The first-order valence-electron chi connectivity index (χ1n) is 10.7. The first kappa shape index (κ1) is 24.2. The summed E-state index contributed by atoms with van der Waals surface area (Å²) in [7, 11) is 3.22. The SMILES string of the molecule is COC(=O)c1sc2nc(CN(C)Cc3cc(C)no3)ccc2c1NC(=O)/C=C/c1cccc(F)c1. The van der Waals surface area contributed by atoms with Gasteiger partial charge in [0.1, 0.15) is 15.5 Å². The minimum atomic E-state index is -0.572. The summed E-state index contributed by atoms with van der Waals surface area (Å²) in [4.78, 5) is 32.5. The van der Waals surface area contributed by atoms with Crippen molar-refractivity contribution in [3.05, 3.63) is 81.9 Å². The fourth-order valence-electron chi connectivity index (χ4n) is 3.50. The van der Waals surface area contributed by atoms with Crippen molar-refractivity contribution >= 4 is 45.2 Å². The van der Waals surface area contributed by atoms with Crippen LogP contribution in [-0.4, -0.2) is 41.1 Å². The van der Waals surface area contributed by atoms with Crippen molar-refractivity contribution in [2.45, 2.75) is 20.0 Å². The van der Waals surface area contributed by atoms with Crippen molar-refractivity contribution in [2.75, 3.05) is 19.5 Å². The van der Waals surface area contributed by atoms with Gasteiger partial charge in [-0.1, -0.05) is 17.3 Å². The summed E-state index contributed by atoms with van der Waals surface area (Å²) < 4.78 is 23.5. The van der Waals surface area contributed by atoms with E-state index in [0.717, 1.165) is 28.5 Å². The minimum absolute atomic E-state index is 0.241. The number of rotatable bonds is 8. The molecule has 0 aliphatic rings. The molecule has 0 aliphatic heterocycles. The van der Waals surface area contributed by atoms with E-state index in [1.54, 1.807) is 12.1 Å². The number of nitrogens with zero attached hydrogens (tertiary/aromatic N) is 3. The summed E-state index contributed by atoms with van der Waals surface area (Å²) in [6.45, 7) is 2.97. The van der Waals surface area contributed by atoms with Crippen LogP contribution in [0.2, 0.25) is 0 Å². The summed E-state index contributed by atoms with van der Waals surface area (Å²) in [6, 6.07) is 11.4. The number of benzene rings is 1. The molecule has 3 heterocycles. The Morgan fingerprint density at radius 3 is 2.77 bits per heavy atom. The second-order valence-electron chi connectivity index (χ2n) is 7.94. The zero-order chi connectivity index (χ0) is 24.9. The van der Waals surface area contributed by atoms with Crippen molar-refractivity contribution in [1.82, 2.24) is 15.0 Å². The van der Waals surface area contributed by atoms with Crippen LogP contribution in [0.4, 0.5) is 10.1 Å². The molecule has 3 aromatic heterocycles. The first-order valence-corrected chi connectivity index (χ1v) is 11.5. The van der Waals surface area contributed by atoms with E-state index in [0.29, 0.717) is 34.6 Å². The van der Waals surface area contributed by atoms with Crippen LogP contribution in [0.5, 0.6) is 0 Å². The minimum Gasteiger partial charge on any atom is -0.465 e. The number of aryl methyl sites for hydroxylation is 1. The van der Waals surface area contributed by atoms with Gasteiger partial charge in [-0.25, -0.2) is 14.2 Å². The Labute approximate surface area is 205 Å². The predicted molar refractivity (Wildman–Crippen MR) is 131 cm³/mol. The molecule has 0 spiro atoms. The summed E-state index contributed by atoms with van der Waals surface area (Å²) in [6.07, 6.45) is 2.77. The van der Waals surface area contributed by atoms with Crippen molar-refractivity contribution < 1.29 is 23.2 Å². The van der Waals surface area contributed by atoms with Crippen LogP contribution in [0.3, 0.4) is 0 Å². The lowest BCUT2D eigenvalue weighted by Gasteiger charge is -2.14. The van der Waals surface area contributed by atoms with Crippen LogP contribution in [0, 0.1) is 12.7 Å². The number of pyridine rings is 1. The van der Waals surface area contributed by atoms with E-state index in [-0.39, 0.29) is 4.88 Å². The first-order chi connectivity index (χ1) is 16.8. The summed E-state index contributed by atoms with van der Waals surface area (Å²) >= 11 is 1.14. The average molecular weight is 495 g/mol. The van der Waals surface area contributed by atoms with Gasteiger partial charge in [0.25, 0.3) is 0 Å². The highest BCUT2D eigenvalue weighted by Gasteiger charge is 2.21. The van der Waals surface area contributed by atoms with Crippen LogP contribution in [0.1, 0.15) is 32.4 Å². The van der Waals surface area contributed by atoms with E-state index in [4.69, 9.17) is 9.26 Å². The number of esters is 1. The molecule has 0 radical (unpaired) electrons. The number of methoxy groups -OCH3 is 1. The lowest BCUT2D eigenvalue weighted by atomic mass is 10.2. The number of carbonyl (C=O) groups is 2. The Morgan fingerprint density at radius 2 is 2.06 bits per heavy atom. The Hall–Kier alpha value is -3.89.